The Morgan fingerprint density at radius 1 is 0.969 bits per heavy atom. The second kappa shape index (κ2) is 10.6. The third kappa shape index (κ3) is 5.79. The van der Waals surface area contributed by atoms with Crippen LogP contribution in [0.5, 0.6) is 5.75 Å². The molecule has 1 aliphatic rings. The first-order valence-electron chi connectivity index (χ1n) is 11.3. The molecule has 1 aromatic heterocycles. The number of nitrogens with zero attached hydrogens (tertiary/aromatic N) is 4. The van der Waals surface area contributed by atoms with Gasteiger partial charge in [-0.2, -0.15) is 4.31 Å². The van der Waals surface area contributed by atoms with Gasteiger partial charge in [0.2, 0.25) is 10.0 Å². The molecule has 1 aromatic carbocycles. The van der Waals surface area contributed by atoms with E-state index in [4.69, 9.17) is 4.74 Å². The van der Waals surface area contributed by atoms with Crippen LogP contribution in [0.1, 0.15) is 33.3 Å². The highest BCUT2D eigenvalue weighted by Gasteiger charge is 2.30. The van der Waals surface area contributed by atoms with Gasteiger partial charge >= 0.3 is 0 Å². The van der Waals surface area contributed by atoms with Crippen LogP contribution in [-0.2, 0) is 16.4 Å². The maximum Gasteiger partial charge on any atom is 0.245 e. The monoisotopic (exact) mass is 460 g/mol. The van der Waals surface area contributed by atoms with Crippen LogP contribution in [0.15, 0.2) is 47.5 Å². The summed E-state index contributed by atoms with van der Waals surface area (Å²) in [6, 6.07) is 11.6. The number of anilines is 1. The Bertz CT molecular complexity index is 944. The van der Waals surface area contributed by atoms with Crippen molar-refractivity contribution < 1.29 is 13.2 Å². The highest BCUT2D eigenvalue weighted by atomic mass is 32.2. The molecule has 0 amide bonds. The average Bonchev–Trinajstić information content (AvgIpc) is 2.77. The molecular weight excluding hydrogens is 424 g/mol. The van der Waals surface area contributed by atoms with Crippen molar-refractivity contribution in [3.05, 3.63) is 48.2 Å². The highest BCUT2D eigenvalue weighted by Crippen LogP contribution is 2.23. The second-order valence-corrected chi connectivity index (χ2v) is 10.6. The summed E-state index contributed by atoms with van der Waals surface area (Å²) in [5, 5.41) is 0. The predicted molar refractivity (Wildman–Crippen MR) is 129 cm³/mol. The largest absolute Gasteiger partial charge is 0.497 e. The third-order valence-corrected chi connectivity index (χ3v) is 8.12. The van der Waals surface area contributed by atoms with E-state index in [1.807, 2.05) is 45.9 Å². The number of piperazine rings is 1. The van der Waals surface area contributed by atoms with E-state index in [0.29, 0.717) is 0 Å². The van der Waals surface area contributed by atoms with Gasteiger partial charge in [0.25, 0.3) is 0 Å². The summed E-state index contributed by atoms with van der Waals surface area (Å²) < 4.78 is 32.8. The molecule has 1 fully saturated rings. The average molecular weight is 461 g/mol. The molecule has 7 nitrogen and oxygen atoms in total. The van der Waals surface area contributed by atoms with E-state index in [9.17, 15) is 8.42 Å². The maximum absolute atomic E-state index is 13.0. The molecule has 0 radical (unpaired) electrons. The Morgan fingerprint density at radius 3 is 2.09 bits per heavy atom. The summed E-state index contributed by atoms with van der Waals surface area (Å²) in [6.45, 7) is 12.3. The molecule has 32 heavy (non-hydrogen) atoms. The minimum atomic E-state index is -3.56. The number of methoxy groups -OCH3 is 1. The van der Waals surface area contributed by atoms with E-state index >= 15 is 0 Å². The summed E-state index contributed by atoms with van der Waals surface area (Å²) >= 11 is 0. The van der Waals surface area contributed by atoms with E-state index in [2.05, 4.69) is 26.9 Å². The van der Waals surface area contributed by atoms with Crippen LogP contribution in [0.25, 0.3) is 0 Å². The Balaban J connectivity index is 1.55. The molecule has 0 spiro atoms. The molecule has 0 bridgehead atoms. The van der Waals surface area contributed by atoms with E-state index < -0.39 is 10.0 Å². The number of ether oxygens (including phenoxy) is 1. The number of pyridine rings is 1. The van der Waals surface area contributed by atoms with Gasteiger partial charge in [-0.05, 0) is 63.9 Å². The van der Waals surface area contributed by atoms with Crippen molar-refractivity contribution >= 4 is 15.8 Å². The molecule has 1 saturated heterocycles. The fraction of sp³-hybridized carbons (Fsp3) is 0.542. The number of sulfonamides is 1. The van der Waals surface area contributed by atoms with Gasteiger partial charge in [-0.3, -0.25) is 4.90 Å². The van der Waals surface area contributed by atoms with Crippen LogP contribution in [0.3, 0.4) is 0 Å². The Kier molecular flexibility index (Phi) is 8.14. The van der Waals surface area contributed by atoms with E-state index in [-0.39, 0.29) is 17.0 Å². The third-order valence-electron chi connectivity index (χ3n) is 5.89. The normalized spacial score (nSPS) is 15.7. The Labute approximate surface area is 193 Å². The molecule has 2 aromatic rings. The van der Waals surface area contributed by atoms with E-state index in [1.54, 1.807) is 13.2 Å². The molecule has 0 saturated carbocycles. The van der Waals surface area contributed by atoms with Crippen LogP contribution in [-0.4, -0.2) is 74.5 Å². The van der Waals surface area contributed by atoms with Gasteiger partial charge in [0.05, 0.1) is 7.11 Å². The lowest BCUT2D eigenvalue weighted by molar-refractivity contribution is 0.260. The topological polar surface area (TPSA) is 66.0 Å². The van der Waals surface area contributed by atoms with Gasteiger partial charge in [-0.1, -0.05) is 12.1 Å². The molecule has 0 aliphatic carbocycles. The van der Waals surface area contributed by atoms with Crippen molar-refractivity contribution in [2.45, 2.75) is 51.1 Å². The Hall–Kier alpha value is -2.16. The lowest BCUT2D eigenvalue weighted by Gasteiger charge is -2.35. The first kappa shape index (κ1) is 24.5. The summed E-state index contributed by atoms with van der Waals surface area (Å²) in [7, 11) is -1.88. The molecule has 0 N–H and O–H groups in total. The van der Waals surface area contributed by atoms with Gasteiger partial charge in [0.15, 0.2) is 0 Å². The van der Waals surface area contributed by atoms with Crippen molar-refractivity contribution in [1.82, 2.24) is 14.2 Å². The van der Waals surface area contributed by atoms with Gasteiger partial charge in [0, 0.05) is 51.0 Å². The van der Waals surface area contributed by atoms with E-state index in [1.165, 1.54) is 16.1 Å². The van der Waals surface area contributed by atoms with Crippen molar-refractivity contribution in [2.75, 3.05) is 44.7 Å². The summed E-state index contributed by atoms with van der Waals surface area (Å²) in [6.07, 6.45) is 2.51. The summed E-state index contributed by atoms with van der Waals surface area (Å²) in [4.78, 5) is 9.43. The number of hydrogen-bond acceptors (Lipinski definition) is 6. The second-order valence-electron chi connectivity index (χ2n) is 8.80. The van der Waals surface area contributed by atoms with Crippen molar-refractivity contribution in [3.63, 3.8) is 0 Å². The lowest BCUT2D eigenvalue weighted by atomic mass is 10.1. The standard InChI is InChI=1S/C24H36N4O3S/c1-19(2)28(20(3)4)32(29,30)23-10-11-24(25-18-23)27-16-14-26(15-17-27)13-12-21-6-8-22(31-5)9-7-21/h6-11,18-20H,12-17H2,1-5H3. The quantitative estimate of drug-likeness (QED) is 0.572. The zero-order chi connectivity index (χ0) is 23.3. The lowest BCUT2D eigenvalue weighted by Crippen LogP contribution is -2.47. The molecule has 0 unspecified atom stereocenters. The first-order chi connectivity index (χ1) is 15.2. The fourth-order valence-corrected chi connectivity index (χ4v) is 6.04. The minimum absolute atomic E-state index is 0.106. The Morgan fingerprint density at radius 2 is 1.59 bits per heavy atom. The van der Waals surface area contributed by atoms with Crippen LogP contribution in [0, 0.1) is 0 Å². The molecular formula is C24H36N4O3S. The first-order valence-corrected chi connectivity index (χ1v) is 12.8. The van der Waals surface area contributed by atoms with Gasteiger partial charge in [0.1, 0.15) is 16.5 Å². The molecule has 0 atom stereocenters. The number of aromatic nitrogens is 1. The number of benzene rings is 1. The predicted octanol–water partition coefficient (Wildman–Crippen LogP) is 3.26. The fourth-order valence-electron chi connectivity index (χ4n) is 4.27. The summed E-state index contributed by atoms with van der Waals surface area (Å²) in [5.74, 6) is 1.72. The van der Waals surface area contributed by atoms with Crippen molar-refractivity contribution in [2.24, 2.45) is 0 Å². The van der Waals surface area contributed by atoms with Crippen LogP contribution >= 0.6 is 0 Å². The molecule has 2 heterocycles. The van der Waals surface area contributed by atoms with Crippen molar-refractivity contribution in [1.29, 1.82) is 0 Å². The molecule has 1 aliphatic heterocycles. The smallest absolute Gasteiger partial charge is 0.245 e. The maximum atomic E-state index is 13.0. The molecule has 8 heteroatoms. The highest BCUT2D eigenvalue weighted by molar-refractivity contribution is 7.89. The van der Waals surface area contributed by atoms with Crippen LogP contribution < -0.4 is 9.64 Å². The van der Waals surface area contributed by atoms with Gasteiger partial charge in [-0.15, -0.1) is 0 Å². The summed E-state index contributed by atoms with van der Waals surface area (Å²) in [5.41, 5.74) is 1.31. The number of rotatable bonds is 9. The SMILES string of the molecule is COc1ccc(CCN2CCN(c3ccc(S(=O)(=O)N(C(C)C)C(C)C)cn3)CC2)cc1. The zero-order valence-corrected chi connectivity index (χ0v) is 20.7. The van der Waals surface area contributed by atoms with Crippen LogP contribution in [0.2, 0.25) is 0 Å². The van der Waals surface area contributed by atoms with Gasteiger partial charge in [-0.25, -0.2) is 13.4 Å². The minimum Gasteiger partial charge on any atom is -0.497 e. The molecule has 3 rings (SSSR count). The zero-order valence-electron chi connectivity index (χ0n) is 19.9. The van der Waals surface area contributed by atoms with E-state index in [0.717, 1.165) is 50.7 Å². The number of hydrogen-bond donors (Lipinski definition) is 0. The van der Waals surface area contributed by atoms with Crippen LogP contribution in [0.4, 0.5) is 5.82 Å². The van der Waals surface area contributed by atoms with Gasteiger partial charge < -0.3 is 9.64 Å². The molecule has 176 valence electrons. The van der Waals surface area contributed by atoms with Crippen molar-refractivity contribution in [3.8, 4) is 5.75 Å².